The Hall–Kier alpha value is 0.210. The molecule has 1 saturated carbocycles. The molecule has 100 valence electrons. The van der Waals surface area contributed by atoms with E-state index < -0.39 is 0 Å². The minimum Gasteiger partial charge on any atom is -0.370 e. The summed E-state index contributed by atoms with van der Waals surface area (Å²) in [4.78, 5) is 0. The van der Waals surface area contributed by atoms with Crippen LogP contribution in [-0.4, -0.2) is 30.2 Å². The predicted molar refractivity (Wildman–Crippen MR) is 72.7 cm³/mol. The van der Waals surface area contributed by atoms with Crippen molar-refractivity contribution in [1.82, 2.24) is 5.32 Å². The van der Waals surface area contributed by atoms with E-state index in [1.807, 2.05) is 0 Å². The van der Waals surface area contributed by atoms with Gasteiger partial charge < -0.3 is 10.1 Å². The Morgan fingerprint density at radius 3 is 2.76 bits per heavy atom. The minimum atomic E-state index is 0.260. The van der Waals surface area contributed by atoms with Crippen LogP contribution < -0.4 is 5.32 Å². The maximum Gasteiger partial charge on any atom is 0.0708 e. The Labute approximate surface area is 110 Å². The highest BCUT2D eigenvalue weighted by molar-refractivity contribution is 6.20. The second-order valence-corrected chi connectivity index (χ2v) is 6.30. The van der Waals surface area contributed by atoms with Crippen LogP contribution in [0.15, 0.2) is 0 Å². The monoisotopic (exact) mass is 259 g/mol. The van der Waals surface area contributed by atoms with Crippen LogP contribution in [0.4, 0.5) is 0 Å². The van der Waals surface area contributed by atoms with Crippen molar-refractivity contribution in [2.24, 2.45) is 0 Å². The summed E-state index contributed by atoms with van der Waals surface area (Å²) in [7, 11) is 0. The van der Waals surface area contributed by atoms with E-state index in [9.17, 15) is 0 Å². The SMILES string of the molecule is CCC(Cl)CNCC1CCC2(CCCCC2)O1. The summed E-state index contributed by atoms with van der Waals surface area (Å²) in [6.07, 6.45) is 10.7. The lowest BCUT2D eigenvalue weighted by molar-refractivity contribution is -0.0622. The molecule has 0 amide bonds. The van der Waals surface area contributed by atoms with E-state index in [-0.39, 0.29) is 11.0 Å². The maximum absolute atomic E-state index is 6.30. The third kappa shape index (κ3) is 3.84. The minimum absolute atomic E-state index is 0.260. The van der Waals surface area contributed by atoms with Crippen molar-refractivity contribution in [3.05, 3.63) is 0 Å². The molecule has 1 N–H and O–H groups in total. The Bertz CT molecular complexity index is 228. The molecule has 1 heterocycles. The molecule has 3 heteroatoms. The van der Waals surface area contributed by atoms with Gasteiger partial charge in [0.25, 0.3) is 0 Å². The normalized spacial score (nSPS) is 29.6. The fourth-order valence-electron chi connectivity index (χ4n) is 3.15. The first kappa shape index (κ1) is 13.6. The molecule has 0 aromatic carbocycles. The van der Waals surface area contributed by atoms with E-state index in [0.717, 1.165) is 19.5 Å². The van der Waals surface area contributed by atoms with E-state index in [4.69, 9.17) is 16.3 Å². The van der Waals surface area contributed by atoms with Crippen molar-refractivity contribution in [2.45, 2.75) is 75.4 Å². The smallest absolute Gasteiger partial charge is 0.0708 e. The molecule has 1 aliphatic carbocycles. The lowest BCUT2D eigenvalue weighted by atomic mass is 9.83. The zero-order valence-corrected chi connectivity index (χ0v) is 11.8. The Balaban J connectivity index is 1.67. The van der Waals surface area contributed by atoms with Gasteiger partial charge in [-0.3, -0.25) is 0 Å². The number of halogens is 1. The maximum atomic E-state index is 6.30. The van der Waals surface area contributed by atoms with Gasteiger partial charge in [0, 0.05) is 18.5 Å². The molecule has 2 aliphatic rings. The van der Waals surface area contributed by atoms with Crippen LogP contribution in [0, 0.1) is 0 Å². The second kappa shape index (κ2) is 6.40. The van der Waals surface area contributed by atoms with Crippen LogP contribution in [0.25, 0.3) is 0 Å². The summed E-state index contributed by atoms with van der Waals surface area (Å²) in [5, 5.41) is 3.71. The van der Waals surface area contributed by atoms with Gasteiger partial charge >= 0.3 is 0 Å². The molecular weight excluding hydrogens is 234 g/mol. The van der Waals surface area contributed by atoms with Crippen LogP contribution in [0.3, 0.4) is 0 Å². The molecule has 2 unspecified atom stereocenters. The van der Waals surface area contributed by atoms with Gasteiger partial charge in [-0.15, -0.1) is 11.6 Å². The van der Waals surface area contributed by atoms with Crippen LogP contribution in [-0.2, 0) is 4.74 Å². The molecular formula is C14H26ClNO. The molecule has 1 saturated heterocycles. The van der Waals surface area contributed by atoms with Gasteiger partial charge in [0.15, 0.2) is 0 Å². The first-order valence-corrected chi connectivity index (χ1v) is 7.70. The fraction of sp³-hybridized carbons (Fsp3) is 1.00. The largest absolute Gasteiger partial charge is 0.370 e. The number of nitrogens with one attached hydrogen (secondary N) is 1. The molecule has 2 fully saturated rings. The van der Waals surface area contributed by atoms with E-state index in [1.165, 1.54) is 44.9 Å². The van der Waals surface area contributed by atoms with Crippen LogP contribution in [0.1, 0.15) is 58.3 Å². The molecule has 2 nitrogen and oxygen atoms in total. The summed E-state index contributed by atoms with van der Waals surface area (Å²) in [6.45, 7) is 4.01. The number of hydrogen-bond acceptors (Lipinski definition) is 2. The Kier molecular flexibility index (Phi) is 5.13. The highest BCUT2D eigenvalue weighted by Crippen LogP contribution is 2.41. The van der Waals surface area contributed by atoms with E-state index in [1.54, 1.807) is 0 Å². The third-order valence-electron chi connectivity index (χ3n) is 4.28. The summed E-state index contributed by atoms with van der Waals surface area (Å²) < 4.78 is 6.30. The van der Waals surface area contributed by atoms with Gasteiger partial charge in [-0.1, -0.05) is 26.2 Å². The number of hydrogen-bond donors (Lipinski definition) is 1. The van der Waals surface area contributed by atoms with Crippen molar-refractivity contribution >= 4 is 11.6 Å². The van der Waals surface area contributed by atoms with Crippen molar-refractivity contribution in [3.63, 3.8) is 0 Å². The summed E-state index contributed by atoms with van der Waals surface area (Å²) in [5.41, 5.74) is 0.260. The zero-order valence-electron chi connectivity index (χ0n) is 11.0. The average molecular weight is 260 g/mol. The standard InChI is InChI=1S/C14H26ClNO/c1-2-12(15)10-16-11-13-6-9-14(17-13)7-4-3-5-8-14/h12-13,16H,2-11H2,1H3. The van der Waals surface area contributed by atoms with E-state index in [2.05, 4.69) is 12.2 Å². The van der Waals surface area contributed by atoms with Crippen LogP contribution >= 0.6 is 11.6 Å². The second-order valence-electron chi connectivity index (χ2n) is 5.69. The Morgan fingerprint density at radius 1 is 1.29 bits per heavy atom. The zero-order chi connectivity index (χ0) is 12.1. The van der Waals surface area contributed by atoms with Gasteiger partial charge in [-0.05, 0) is 32.1 Å². The number of alkyl halides is 1. The Morgan fingerprint density at radius 2 is 2.06 bits per heavy atom. The fourth-order valence-corrected chi connectivity index (χ4v) is 3.26. The summed E-state index contributed by atoms with van der Waals surface area (Å²) in [6, 6.07) is 0. The molecule has 0 bridgehead atoms. The van der Waals surface area contributed by atoms with Gasteiger partial charge in [-0.2, -0.15) is 0 Å². The molecule has 1 aliphatic heterocycles. The van der Waals surface area contributed by atoms with Crippen LogP contribution in [0.2, 0.25) is 0 Å². The molecule has 2 rings (SSSR count). The molecule has 1 spiro atoms. The highest BCUT2D eigenvalue weighted by atomic mass is 35.5. The van der Waals surface area contributed by atoms with Crippen molar-refractivity contribution in [3.8, 4) is 0 Å². The van der Waals surface area contributed by atoms with Gasteiger partial charge in [0.05, 0.1) is 11.7 Å². The molecule has 0 aromatic heterocycles. The van der Waals surface area contributed by atoms with Crippen molar-refractivity contribution < 1.29 is 4.74 Å². The first-order valence-electron chi connectivity index (χ1n) is 7.27. The number of rotatable bonds is 5. The molecule has 0 aromatic rings. The third-order valence-corrected chi connectivity index (χ3v) is 4.75. The quantitative estimate of drug-likeness (QED) is 0.764. The molecule has 2 atom stereocenters. The molecule has 17 heavy (non-hydrogen) atoms. The van der Waals surface area contributed by atoms with Gasteiger partial charge in [0.1, 0.15) is 0 Å². The molecule has 0 radical (unpaired) electrons. The lowest BCUT2D eigenvalue weighted by Gasteiger charge is -2.33. The highest BCUT2D eigenvalue weighted by Gasteiger charge is 2.40. The van der Waals surface area contributed by atoms with Crippen LogP contribution in [0.5, 0.6) is 0 Å². The average Bonchev–Trinajstić information content (AvgIpc) is 2.73. The van der Waals surface area contributed by atoms with Gasteiger partial charge in [0.2, 0.25) is 0 Å². The number of ether oxygens (including phenoxy) is 1. The van der Waals surface area contributed by atoms with Crippen molar-refractivity contribution in [1.29, 1.82) is 0 Å². The first-order chi connectivity index (χ1) is 8.24. The topological polar surface area (TPSA) is 21.3 Å². The lowest BCUT2D eigenvalue weighted by Crippen LogP contribution is -2.35. The van der Waals surface area contributed by atoms with E-state index in [0.29, 0.717) is 6.10 Å². The van der Waals surface area contributed by atoms with E-state index >= 15 is 0 Å². The van der Waals surface area contributed by atoms with Gasteiger partial charge in [-0.25, -0.2) is 0 Å². The van der Waals surface area contributed by atoms with Crippen molar-refractivity contribution in [2.75, 3.05) is 13.1 Å². The predicted octanol–water partition coefficient (Wildman–Crippen LogP) is 3.48. The summed E-state index contributed by atoms with van der Waals surface area (Å²) in [5.74, 6) is 0. The summed E-state index contributed by atoms with van der Waals surface area (Å²) >= 11 is 6.09.